The molecule has 1 N–H and O–H groups in total. The monoisotopic (exact) mass is 294 g/mol. The largest absolute Gasteiger partial charge is 0.383 e. The Hall–Kier alpha value is -1.11. The summed E-state index contributed by atoms with van der Waals surface area (Å²) in [6, 6.07) is 0.709. The van der Waals surface area contributed by atoms with E-state index in [1.54, 1.807) is 18.4 Å². The van der Waals surface area contributed by atoms with Crippen LogP contribution in [0.2, 0.25) is 0 Å². The van der Waals surface area contributed by atoms with E-state index >= 15 is 0 Å². The Balaban J connectivity index is 1.85. The van der Waals surface area contributed by atoms with Gasteiger partial charge in [0, 0.05) is 44.4 Å². The Morgan fingerprint density at radius 2 is 2.40 bits per heavy atom. The highest BCUT2D eigenvalue weighted by Gasteiger charge is 2.23. The van der Waals surface area contributed by atoms with Crippen LogP contribution in [-0.2, 0) is 11.3 Å². The van der Waals surface area contributed by atoms with Gasteiger partial charge in [-0.3, -0.25) is 4.40 Å². The SMILES string of the molecule is CCN(CCOC)c1nc2sccn2c1CNC1CC1. The summed E-state index contributed by atoms with van der Waals surface area (Å²) < 4.78 is 7.42. The summed E-state index contributed by atoms with van der Waals surface area (Å²) in [4.78, 5) is 8.18. The average Bonchev–Trinajstić information content (AvgIpc) is 3.06. The van der Waals surface area contributed by atoms with Crippen LogP contribution in [0.4, 0.5) is 5.82 Å². The predicted octanol–water partition coefficient (Wildman–Crippen LogP) is 2.12. The van der Waals surface area contributed by atoms with Gasteiger partial charge in [0.1, 0.15) is 0 Å². The van der Waals surface area contributed by atoms with Crippen molar-refractivity contribution in [1.29, 1.82) is 0 Å². The molecule has 0 bridgehead atoms. The van der Waals surface area contributed by atoms with E-state index in [2.05, 4.69) is 33.1 Å². The molecule has 5 nitrogen and oxygen atoms in total. The summed E-state index contributed by atoms with van der Waals surface area (Å²) in [5.41, 5.74) is 1.27. The van der Waals surface area contributed by atoms with Crippen molar-refractivity contribution in [2.24, 2.45) is 0 Å². The first-order chi connectivity index (χ1) is 9.83. The van der Waals surface area contributed by atoms with E-state index < -0.39 is 0 Å². The van der Waals surface area contributed by atoms with Gasteiger partial charge >= 0.3 is 0 Å². The average molecular weight is 294 g/mol. The first-order valence-corrected chi connectivity index (χ1v) is 8.13. The fraction of sp³-hybridized carbons (Fsp3) is 0.643. The first-order valence-electron chi connectivity index (χ1n) is 7.25. The van der Waals surface area contributed by atoms with Crippen LogP contribution in [0.25, 0.3) is 4.96 Å². The maximum Gasteiger partial charge on any atom is 0.195 e. The molecule has 0 radical (unpaired) electrons. The second-order valence-corrected chi connectivity index (χ2v) is 6.04. The molecule has 0 aromatic carbocycles. The molecular weight excluding hydrogens is 272 g/mol. The van der Waals surface area contributed by atoms with Gasteiger partial charge in [0.2, 0.25) is 0 Å². The zero-order valence-electron chi connectivity index (χ0n) is 12.1. The molecule has 1 aliphatic rings. The Morgan fingerprint density at radius 1 is 1.55 bits per heavy atom. The molecule has 110 valence electrons. The second-order valence-electron chi connectivity index (χ2n) is 5.17. The quantitative estimate of drug-likeness (QED) is 0.810. The number of nitrogens with one attached hydrogen (secondary N) is 1. The highest BCUT2D eigenvalue weighted by molar-refractivity contribution is 7.15. The number of fused-ring (bicyclic) bond motifs is 1. The Labute approximate surface area is 123 Å². The molecule has 2 heterocycles. The molecular formula is C14H22N4OS. The molecule has 0 amide bonds. The topological polar surface area (TPSA) is 41.8 Å². The number of anilines is 1. The molecule has 0 unspecified atom stereocenters. The zero-order valence-corrected chi connectivity index (χ0v) is 12.9. The molecule has 1 aliphatic carbocycles. The lowest BCUT2D eigenvalue weighted by Crippen LogP contribution is -2.29. The fourth-order valence-corrected chi connectivity index (χ4v) is 3.11. The number of ether oxygens (including phenoxy) is 1. The summed E-state index contributed by atoms with van der Waals surface area (Å²) in [6.45, 7) is 5.62. The standard InChI is InChI=1S/C14H22N4OS/c1-3-17(6-8-19-2)13-12(10-15-11-4-5-11)18-7-9-20-14(18)16-13/h7,9,11,15H,3-6,8,10H2,1-2H3. The molecule has 2 aromatic rings. The number of rotatable bonds is 8. The summed E-state index contributed by atoms with van der Waals surface area (Å²) in [7, 11) is 1.75. The van der Waals surface area contributed by atoms with Crippen molar-refractivity contribution in [2.45, 2.75) is 32.4 Å². The predicted molar refractivity (Wildman–Crippen MR) is 82.7 cm³/mol. The smallest absolute Gasteiger partial charge is 0.195 e. The number of imidazole rings is 1. The van der Waals surface area contributed by atoms with E-state index in [-0.39, 0.29) is 0 Å². The highest BCUT2D eigenvalue weighted by Crippen LogP contribution is 2.26. The molecule has 0 saturated heterocycles. The van der Waals surface area contributed by atoms with Crippen molar-refractivity contribution in [2.75, 3.05) is 31.7 Å². The van der Waals surface area contributed by atoms with Crippen LogP contribution in [0.3, 0.4) is 0 Å². The molecule has 6 heteroatoms. The number of thiazole rings is 1. The van der Waals surface area contributed by atoms with Crippen LogP contribution in [-0.4, -0.2) is 42.2 Å². The molecule has 0 spiro atoms. The molecule has 20 heavy (non-hydrogen) atoms. The Morgan fingerprint density at radius 3 is 3.10 bits per heavy atom. The summed E-state index contributed by atoms with van der Waals surface area (Å²) >= 11 is 1.69. The number of nitrogens with zero attached hydrogens (tertiary/aromatic N) is 3. The van der Waals surface area contributed by atoms with Crippen molar-refractivity contribution in [1.82, 2.24) is 14.7 Å². The molecule has 2 aromatic heterocycles. The van der Waals surface area contributed by atoms with Crippen LogP contribution in [0.15, 0.2) is 11.6 Å². The lowest BCUT2D eigenvalue weighted by molar-refractivity contribution is 0.205. The van der Waals surface area contributed by atoms with Crippen molar-refractivity contribution in [3.05, 3.63) is 17.3 Å². The van der Waals surface area contributed by atoms with Gasteiger partial charge in [-0.1, -0.05) is 0 Å². The third kappa shape index (κ3) is 2.82. The maximum atomic E-state index is 5.21. The van der Waals surface area contributed by atoms with Crippen LogP contribution >= 0.6 is 11.3 Å². The third-order valence-electron chi connectivity index (χ3n) is 3.72. The van der Waals surface area contributed by atoms with Gasteiger partial charge in [0.25, 0.3) is 0 Å². The van der Waals surface area contributed by atoms with Gasteiger partial charge in [-0.2, -0.15) is 0 Å². The maximum absolute atomic E-state index is 5.21. The van der Waals surface area contributed by atoms with E-state index in [0.29, 0.717) is 6.04 Å². The highest BCUT2D eigenvalue weighted by atomic mass is 32.1. The molecule has 0 aliphatic heterocycles. The van der Waals surface area contributed by atoms with Crippen LogP contribution < -0.4 is 10.2 Å². The van der Waals surface area contributed by atoms with E-state index in [1.165, 1.54) is 18.5 Å². The molecule has 3 rings (SSSR count). The van der Waals surface area contributed by atoms with Gasteiger partial charge in [-0.15, -0.1) is 11.3 Å². The van der Waals surface area contributed by atoms with Crippen molar-refractivity contribution < 1.29 is 4.74 Å². The zero-order chi connectivity index (χ0) is 13.9. The van der Waals surface area contributed by atoms with E-state index in [9.17, 15) is 0 Å². The number of aromatic nitrogens is 2. The van der Waals surface area contributed by atoms with Crippen molar-refractivity contribution >= 4 is 22.1 Å². The summed E-state index contributed by atoms with van der Waals surface area (Å²) in [6.07, 6.45) is 4.73. The van der Waals surface area contributed by atoms with Crippen molar-refractivity contribution in [3.63, 3.8) is 0 Å². The van der Waals surface area contributed by atoms with E-state index in [4.69, 9.17) is 9.72 Å². The molecule has 0 atom stereocenters. The van der Waals surface area contributed by atoms with Gasteiger partial charge in [0.15, 0.2) is 10.8 Å². The van der Waals surface area contributed by atoms with Gasteiger partial charge in [-0.25, -0.2) is 4.98 Å². The van der Waals surface area contributed by atoms with Crippen LogP contribution in [0, 0.1) is 0 Å². The Kier molecular flexibility index (Phi) is 4.24. The summed E-state index contributed by atoms with van der Waals surface area (Å²) in [5, 5.41) is 5.70. The third-order valence-corrected chi connectivity index (χ3v) is 4.48. The number of hydrogen-bond donors (Lipinski definition) is 1. The van der Waals surface area contributed by atoms with Crippen LogP contribution in [0.5, 0.6) is 0 Å². The minimum atomic E-state index is 0.709. The lowest BCUT2D eigenvalue weighted by Gasteiger charge is -2.21. The van der Waals surface area contributed by atoms with Gasteiger partial charge in [0.05, 0.1) is 12.3 Å². The second kappa shape index (κ2) is 6.11. The van der Waals surface area contributed by atoms with E-state index in [1.807, 2.05) is 0 Å². The van der Waals surface area contributed by atoms with Gasteiger partial charge in [-0.05, 0) is 19.8 Å². The number of hydrogen-bond acceptors (Lipinski definition) is 5. The van der Waals surface area contributed by atoms with Gasteiger partial charge < -0.3 is 15.0 Å². The molecule has 1 saturated carbocycles. The number of likely N-dealkylation sites (N-methyl/N-ethyl adjacent to an activating group) is 1. The normalized spacial score (nSPS) is 15.1. The number of methoxy groups -OCH3 is 1. The van der Waals surface area contributed by atoms with E-state index in [0.717, 1.165) is 37.0 Å². The molecule has 1 fully saturated rings. The lowest BCUT2D eigenvalue weighted by atomic mass is 10.3. The fourth-order valence-electron chi connectivity index (χ4n) is 2.38. The first kappa shape index (κ1) is 13.9. The Bertz CT molecular complexity index is 561. The minimum Gasteiger partial charge on any atom is -0.383 e. The van der Waals surface area contributed by atoms with Crippen molar-refractivity contribution in [3.8, 4) is 0 Å². The van der Waals surface area contributed by atoms with Crippen LogP contribution in [0.1, 0.15) is 25.5 Å². The minimum absolute atomic E-state index is 0.709. The summed E-state index contributed by atoms with van der Waals surface area (Å²) in [5.74, 6) is 1.10.